The van der Waals surface area contributed by atoms with Gasteiger partial charge in [0.1, 0.15) is 24.7 Å². The van der Waals surface area contributed by atoms with E-state index in [1.165, 1.54) is 90.1 Å². The lowest BCUT2D eigenvalue weighted by molar-refractivity contribution is -0.438. The fourth-order valence-electron chi connectivity index (χ4n) is 16.3. The Labute approximate surface area is 687 Å². The number of ketones is 2. The van der Waals surface area contributed by atoms with Gasteiger partial charge in [0.05, 0.1) is 10.8 Å². The predicted octanol–water partition coefficient (Wildman–Crippen LogP) is 16.9. The third kappa shape index (κ3) is 23.2. The van der Waals surface area contributed by atoms with Gasteiger partial charge in [-0.05, 0) is 182 Å². The molecule has 0 aromatic heterocycles. The van der Waals surface area contributed by atoms with Crippen molar-refractivity contribution in [3.8, 4) is 0 Å². The lowest BCUT2D eigenvalue weighted by atomic mass is 9.81. The van der Waals surface area contributed by atoms with Crippen LogP contribution in [-0.2, 0) is 43.9 Å². The number of carbonyl (C=O) groups is 4. The normalized spacial score (nSPS) is 18.6. The van der Waals surface area contributed by atoms with E-state index in [1.807, 2.05) is 20.7 Å². The number of hydrogen-bond acceptors (Lipinski definition) is 8. The van der Waals surface area contributed by atoms with E-state index in [0.717, 1.165) is 152 Å². The molecule has 4 aromatic carbocycles. The number of Topliss-reactive ketones (excluding diaryl/α,β-unsaturated/α-hetero) is 2. The molecule has 0 fully saturated rings. The second-order valence-corrected chi connectivity index (χ2v) is 36.1. The van der Waals surface area contributed by atoms with Crippen molar-refractivity contribution in [3.05, 3.63) is 212 Å². The minimum atomic E-state index is -2.35. The maximum Gasteiger partial charge on any atom is 0.219 e. The van der Waals surface area contributed by atoms with Gasteiger partial charge in [-0.25, -0.2) is 3.56 Å². The van der Waals surface area contributed by atoms with Gasteiger partial charge in [0.2, 0.25) is 23.2 Å². The molecule has 1 atom stereocenters. The molecule has 3 N–H and O–H groups in total. The molecule has 0 bridgehead atoms. The molecule has 0 saturated heterocycles. The number of hydrogen-bond donors (Lipinski definition) is 3. The highest BCUT2D eigenvalue weighted by Gasteiger charge is 2.46. The molecule has 10 rings (SSSR count). The van der Waals surface area contributed by atoms with Crippen LogP contribution in [0.1, 0.15) is 246 Å². The summed E-state index contributed by atoms with van der Waals surface area (Å²) in [4.78, 5) is 52.1. The Kier molecular flexibility index (Phi) is 36.6. The van der Waals surface area contributed by atoms with Crippen molar-refractivity contribution in [2.45, 2.75) is 245 Å². The number of unbranched alkanes of at least 4 members (excludes halogenated alkanes) is 8. The zero-order valence-electron chi connectivity index (χ0n) is 66.5. The number of rotatable bonds is 32. The number of halogens is 5. The molecule has 2 aliphatic carbocycles. The van der Waals surface area contributed by atoms with E-state index >= 15 is 0 Å². The zero-order valence-corrected chi connectivity index (χ0v) is 74.4. The summed E-state index contributed by atoms with van der Waals surface area (Å²) in [5, 5.41) is 7.23. The lowest BCUT2D eigenvalue weighted by Crippen LogP contribution is -3.00. The number of nitrogens with one attached hydrogen (secondary N) is 3. The highest BCUT2D eigenvalue weighted by molar-refractivity contribution is 14.2. The summed E-state index contributed by atoms with van der Waals surface area (Å²) in [6.45, 7) is 28.2. The van der Waals surface area contributed by atoms with Crippen LogP contribution in [0.3, 0.4) is 0 Å². The van der Waals surface area contributed by atoms with Gasteiger partial charge < -0.3 is 54.4 Å². The van der Waals surface area contributed by atoms with Gasteiger partial charge in [0, 0.05) is 158 Å². The molecule has 6 aliphatic rings. The summed E-state index contributed by atoms with van der Waals surface area (Å²) in [6.07, 6.45) is 40.2. The van der Waals surface area contributed by atoms with Gasteiger partial charge in [-0.3, -0.25) is 22.2 Å². The standard InChI is InChI=1S/2C45H58ClN3O2.2BrH.H3INOP/c2*1-7-35(50)21-10-8-16-31-48-38-24-14-12-22-36(38)44(2,3)40(48)29-27-33-19-18-20-34(43(33)46)28-30-41-45(4,5)37-23-13-15-25-39(37)49(41)32-17-9-11-26-42(51)47-6;;;2-1(3)4/h2*12-15,22-25,27-30H,7-11,16-21,26,31-32H2,1-6H3;2*1H;2H,4H2. The van der Waals surface area contributed by atoms with Crippen LogP contribution in [0.4, 0.5) is 22.7 Å². The third-order valence-electron chi connectivity index (χ3n) is 22.5. The molecule has 0 radical (unpaired) electrons. The molecule has 4 heterocycles. The molecule has 4 aliphatic heterocycles. The molecule has 2 amide bonds. The molecule has 0 saturated carbocycles. The first kappa shape index (κ1) is 91.2. The van der Waals surface area contributed by atoms with Crippen LogP contribution in [0.25, 0.3) is 0 Å². The Morgan fingerprint density at radius 2 is 0.806 bits per heavy atom. The molecular formula is C90H121Br2Cl2IN7O5P. The van der Waals surface area contributed by atoms with Gasteiger partial charge in [-0.1, -0.05) is 175 Å². The van der Waals surface area contributed by atoms with Crippen molar-refractivity contribution >= 4 is 107 Å². The fraction of sp³-hybridized carbons (Fsp3) is 0.489. The van der Waals surface area contributed by atoms with Crippen LogP contribution < -0.4 is 54.4 Å². The Hall–Kier alpha value is -5.68. The van der Waals surface area contributed by atoms with Crippen LogP contribution in [0.5, 0.6) is 0 Å². The predicted molar refractivity (Wildman–Crippen MR) is 456 cm³/mol. The average Bonchev–Trinajstić information content (AvgIpc) is 1.62. The maximum absolute atomic E-state index is 11.8. The minimum absolute atomic E-state index is 0. The Bertz CT molecular complexity index is 3980. The SMILES string of the molecule is CCC(=O)CCCCC[N+]1=C(C=CC2=C(Cl)C(=CC=C3N(CCCCCC(=O)NC)c4ccccc4C3(C)C)CCC2)C(C)(C)c2ccccc21.CCC(=O)CCCCC[N+]1=C(C=CC2=C(Cl)C(=CC=C3N(CCCCCC(=O)NC)c4ccccc4C3(C)C)CCC2)C(C)(C)c2ccccc21.N=I(=O)P.[Br-].[Br-]. The Morgan fingerprint density at radius 1 is 0.472 bits per heavy atom. The number of para-hydroxylation sites is 4. The van der Waals surface area contributed by atoms with Crippen molar-refractivity contribution in [2.24, 2.45) is 0 Å². The van der Waals surface area contributed by atoms with Crippen LogP contribution in [0, 0.1) is 3.56 Å². The molecule has 4 aromatic rings. The van der Waals surface area contributed by atoms with Crippen molar-refractivity contribution in [2.75, 3.05) is 50.1 Å². The molecular weight excluding hydrogens is 1650 g/mol. The molecule has 586 valence electrons. The van der Waals surface area contributed by atoms with Crippen molar-refractivity contribution in [3.63, 3.8) is 0 Å². The molecule has 0 spiro atoms. The van der Waals surface area contributed by atoms with E-state index < -0.39 is 19.1 Å². The average molecular weight is 1770 g/mol. The van der Waals surface area contributed by atoms with Gasteiger partial charge in [-0.2, -0.15) is 9.15 Å². The molecule has 108 heavy (non-hydrogen) atoms. The molecule has 18 heteroatoms. The Balaban J connectivity index is 0.000000316. The monoisotopic (exact) mass is 1770 g/mol. The lowest BCUT2D eigenvalue weighted by Gasteiger charge is -2.27. The quantitative estimate of drug-likeness (QED) is 0.0191. The summed E-state index contributed by atoms with van der Waals surface area (Å²) in [5.74, 6) is 0.949. The van der Waals surface area contributed by atoms with Gasteiger partial charge in [0.25, 0.3) is 0 Å². The first-order valence-electron chi connectivity index (χ1n) is 39.2. The summed E-state index contributed by atoms with van der Waals surface area (Å²) >= 11 is 12.2. The second kappa shape index (κ2) is 43.4. The number of benzene rings is 4. The van der Waals surface area contributed by atoms with Crippen molar-refractivity contribution < 1.29 is 65.4 Å². The minimum Gasteiger partial charge on any atom is -1.00 e. The number of anilines is 2. The summed E-state index contributed by atoms with van der Waals surface area (Å²) in [7, 11) is 3.41. The van der Waals surface area contributed by atoms with Crippen molar-refractivity contribution in [1.82, 2.24) is 10.6 Å². The number of carbonyl (C=O) groups excluding carboxylic acids is 4. The highest BCUT2D eigenvalue weighted by Crippen LogP contribution is 2.51. The first-order valence-corrected chi connectivity index (χ1v) is 46.1. The van der Waals surface area contributed by atoms with E-state index in [4.69, 9.17) is 26.8 Å². The van der Waals surface area contributed by atoms with Gasteiger partial charge in [0.15, 0.2) is 30.5 Å². The smallest absolute Gasteiger partial charge is 0.219 e. The fourth-order valence-corrected chi connectivity index (χ4v) is 16.9. The third-order valence-corrected chi connectivity index (χ3v) is 23.4. The molecule has 12 nitrogen and oxygen atoms in total. The maximum atomic E-state index is 11.8. The zero-order chi connectivity index (χ0) is 76.8. The number of nitrogens with zero attached hydrogens (tertiary/aromatic N) is 4. The van der Waals surface area contributed by atoms with Crippen molar-refractivity contribution in [1.29, 1.82) is 3.56 Å². The topological polar surface area (TPSA) is 146 Å². The number of fused-ring (bicyclic) bond motifs is 4. The highest BCUT2D eigenvalue weighted by atomic mass is 127. The van der Waals surface area contributed by atoms with Crippen LogP contribution in [-0.4, -0.2) is 84.2 Å². The van der Waals surface area contributed by atoms with Crippen LogP contribution >= 0.6 is 49.2 Å². The van der Waals surface area contributed by atoms with E-state index in [0.29, 0.717) is 50.1 Å². The number of allylic oxidation sites excluding steroid dienone is 16. The van der Waals surface area contributed by atoms with Gasteiger partial charge in [-0.15, -0.1) is 0 Å². The summed E-state index contributed by atoms with van der Waals surface area (Å²) in [6, 6.07) is 35.1. The van der Waals surface area contributed by atoms with Crippen LogP contribution in [0.2, 0.25) is 0 Å². The number of amides is 2. The largest absolute Gasteiger partial charge is 1.00 e. The first-order chi connectivity index (χ1) is 50.7. The summed E-state index contributed by atoms with van der Waals surface area (Å²) < 4.78 is 20.5. The Morgan fingerprint density at radius 3 is 1.17 bits per heavy atom. The van der Waals surface area contributed by atoms with Gasteiger partial charge >= 0.3 is 0 Å². The summed E-state index contributed by atoms with van der Waals surface area (Å²) in [5.41, 5.74) is 20.1. The second-order valence-electron chi connectivity index (χ2n) is 31.1. The molecule has 1 unspecified atom stereocenters. The van der Waals surface area contributed by atoms with E-state index in [1.54, 1.807) is 14.1 Å². The van der Waals surface area contributed by atoms with E-state index in [-0.39, 0.29) is 67.4 Å². The van der Waals surface area contributed by atoms with E-state index in [9.17, 15) is 22.2 Å². The van der Waals surface area contributed by atoms with Crippen LogP contribution in [0.15, 0.2) is 189 Å². The van der Waals surface area contributed by atoms with E-state index in [2.05, 4.69) is 231 Å².